The zero-order valence-electron chi connectivity index (χ0n) is 17.7. The van der Waals surface area contributed by atoms with Crippen molar-refractivity contribution in [3.8, 4) is 11.5 Å². The molecule has 3 aromatic rings. The van der Waals surface area contributed by atoms with Gasteiger partial charge in [-0.1, -0.05) is 18.2 Å². The molecule has 4 rings (SSSR count). The number of aromatic nitrogens is 1. The van der Waals surface area contributed by atoms with Gasteiger partial charge in [-0.15, -0.1) is 0 Å². The van der Waals surface area contributed by atoms with E-state index in [-0.39, 0.29) is 18.5 Å². The Bertz CT molecular complexity index is 1150. The monoisotopic (exact) mass is 420 g/mol. The van der Waals surface area contributed by atoms with Crippen LogP contribution in [0, 0.1) is 6.92 Å². The number of anilines is 2. The van der Waals surface area contributed by atoms with Crippen molar-refractivity contribution < 1.29 is 19.1 Å². The van der Waals surface area contributed by atoms with Crippen molar-refractivity contribution in [2.45, 2.75) is 6.92 Å². The summed E-state index contributed by atoms with van der Waals surface area (Å²) in [5.74, 6) is 0.885. The topological polar surface area (TPSA) is 84.0 Å². The highest BCUT2D eigenvalue weighted by Gasteiger charge is 2.31. The van der Waals surface area contributed by atoms with Crippen molar-refractivity contribution in [1.82, 2.24) is 9.88 Å². The Balaban J connectivity index is 1.46. The molecule has 0 spiro atoms. The van der Waals surface area contributed by atoms with E-state index in [0.29, 0.717) is 36.0 Å². The Morgan fingerprint density at radius 1 is 1.06 bits per heavy atom. The Kier molecular flexibility index (Phi) is 5.62. The lowest BCUT2D eigenvalue weighted by molar-refractivity contribution is -0.116. The summed E-state index contributed by atoms with van der Waals surface area (Å²) in [5.41, 5.74) is 3.01. The predicted octanol–water partition coefficient (Wildman–Crippen LogP) is 3.44. The van der Waals surface area contributed by atoms with Gasteiger partial charge in [-0.3, -0.25) is 14.7 Å². The lowest BCUT2D eigenvalue weighted by Crippen LogP contribution is -2.37. The molecule has 0 atom stereocenters. The average molecular weight is 420 g/mol. The first-order chi connectivity index (χ1) is 15.0. The lowest BCUT2D eigenvalue weighted by atomic mass is 10.1. The summed E-state index contributed by atoms with van der Waals surface area (Å²) in [5, 5.41) is 3.80. The summed E-state index contributed by atoms with van der Waals surface area (Å²) >= 11 is 0. The van der Waals surface area contributed by atoms with E-state index in [1.807, 2.05) is 37.3 Å². The molecule has 2 heterocycles. The number of rotatable bonds is 6. The van der Waals surface area contributed by atoms with Crippen LogP contribution in [0.1, 0.15) is 5.69 Å². The largest absolute Gasteiger partial charge is 0.493 e. The summed E-state index contributed by atoms with van der Waals surface area (Å²) in [6, 6.07) is 14.6. The van der Waals surface area contributed by atoms with Crippen molar-refractivity contribution in [1.29, 1.82) is 0 Å². The molecule has 0 unspecified atom stereocenters. The minimum absolute atomic E-state index is 0.0294. The van der Waals surface area contributed by atoms with Crippen molar-refractivity contribution >= 4 is 34.2 Å². The molecule has 0 bridgehead atoms. The number of fused-ring (bicyclic) bond motifs is 1. The van der Waals surface area contributed by atoms with Gasteiger partial charge >= 0.3 is 6.03 Å². The fourth-order valence-corrected chi connectivity index (χ4v) is 3.74. The van der Waals surface area contributed by atoms with Gasteiger partial charge < -0.3 is 19.7 Å². The van der Waals surface area contributed by atoms with Crippen LogP contribution in [0.2, 0.25) is 0 Å². The normalized spacial score (nSPS) is 13.6. The number of urea groups is 1. The number of amides is 3. The van der Waals surface area contributed by atoms with E-state index in [1.165, 1.54) is 4.90 Å². The molecule has 3 amide bonds. The van der Waals surface area contributed by atoms with Crippen molar-refractivity contribution in [2.75, 3.05) is 44.1 Å². The van der Waals surface area contributed by atoms with Gasteiger partial charge in [0.15, 0.2) is 11.5 Å². The van der Waals surface area contributed by atoms with Crippen LogP contribution in [0.4, 0.5) is 16.2 Å². The van der Waals surface area contributed by atoms with E-state index in [2.05, 4.69) is 10.3 Å². The van der Waals surface area contributed by atoms with E-state index in [4.69, 9.17) is 9.47 Å². The van der Waals surface area contributed by atoms with Crippen LogP contribution >= 0.6 is 0 Å². The maximum atomic E-state index is 12.9. The first-order valence-corrected chi connectivity index (χ1v) is 9.95. The molecule has 0 saturated carbocycles. The summed E-state index contributed by atoms with van der Waals surface area (Å²) < 4.78 is 10.6. The first kappa shape index (κ1) is 20.5. The fraction of sp³-hybridized carbons (Fsp3) is 0.261. The van der Waals surface area contributed by atoms with Crippen LogP contribution in [-0.4, -0.2) is 55.7 Å². The Morgan fingerprint density at radius 2 is 1.84 bits per heavy atom. The van der Waals surface area contributed by atoms with Crippen LogP contribution in [0.25, 0.3) is 10.9 Å². The van der Waals surface area contributed by atoms with Gasteiger partial charge in [-0.05, 0) is 31.2 Å². The summed E-state index contributed by atoms with van der Waals surface area (Å²) in [6.07, 6.45) is 0. The second-order valence-corrected chi connectivity index (χ2v) is 7.27. The van der Waals surface area contributed by atoms with Gasteiger partial charge in [0.05, 0.1) is 25.4 Å². The van der Waals surface area contributed by atoms with Gasteiger partial charge in [0, 0.05) is 35.9 Å². The number of carbonyl (C=O) groups excluding carboxylic acids is 2. The molecular formula is C23H24N4O4. The van der Waals surface area contributed by atoms with Gasteiger partial charge in [0.1, 0.15) is 6.54 Å². The van der Waals surface area contributed by atoms with Crippen molar-refractivity contribution in [2.24, 2.45) is 0 Å². The Hall–Kier alpha value is -3.81. The van der Waals surface area contributed by atoms with Crippen molar-refractivity contribution in [3.63, 3.8) is 0 Å². The standard InChI is InChI=1S/C23H24N4O4/c1-15-12-19(17-6-4-5-7-18(17)24-15)25-22(28)14-26-10-11-27(23(26)29)16-8-9-20(30-2)21(13-16)31-3/h4-9,12-13H,10-11,14H2,1-3H3,(H,24,25,28). The van der Waals surface area contributed by atoms with Gasteiger partial charge in [-0.25, -0.2) is 4.79 Å². The summed E-state index contributed by atoms with van der Waals surface area (Å²) in [6.45, 7) is 2.79. The molecular weight excluding hydrogens is 396 g/mol. The molecule has 8 heteroatoms. The highest BCUT2D eigenvalue weighted by Crippen LogP contribution is 2.32. The van der Waals surface area contributed by atoms with Gasteiger partial charge in [0.25, 0.3) is 0 Å². The third-order valence-electron chi connectivity index (χ3n) is 5.23. The number of nitrogens with zero attached hydrogens (tertiary/aromatic N) is 3. The van der Waals surface area contributed by atoms with E-state index in [9.17, 15) is 9.59 Å². The third kappa shape index (κ3) is 4.09. The van der Waals surface area contributed by atoms with E-state index in [0.717, 1.165) is 16.6 Å². The number of nitrogens with one attached hydrogen (secondary N) is 1. The number of hydrogen-bond donors (Lipinski definition) is 1. The van der Waals surface area contributed by atoms with Crippen molar-refractivity contribution in [3.05, 3.63) is 54.2 Å². The van der Waals surface area contributed by atoms with E-state index < -0.39 is 0 Å². The molecule has 1 saturated heterocycles. The summed E-state index contributed by atoms with van der Waals surface area (Å²) in [7, 11) is 3.11. The first-order valence-electron chi connectivity index (χ1n) is 9.95. The lowest BCUT2D eigenvalue weighted by Gasteiger charge is -2.20. The number of para-hydroxylation sites is 1. The summed E-state index contributed by atoms with van der Waals surface area (Å²) in [4.78, 5) is 33.3. The number of aryl methyl sites for hydroxylation is 1. The molecule has 0 aliphatic carbocycles. The zero-order valence-corrected chi connectivity index (χ0v) is 17.7. The van der Waals surface area contributed by atoms with Crippen LogP contribution < -0.4 is 19.7 Å². The average Bonchev–Trinajstić information content (AvgIpc) is 3.13. The minimum Gasteiger partial charge on any atom is -0.493 e. The molecule has 1 N–H and O–H groups in total. The van der Waals surface area contributed by atoms with Crippen LogP contribution in [0.5, 0.6) is 11.5 Å². The maximum Gasteiger partial charge on any atom is 0.325 e. The minimum atomic E-state index is -0.252. The number of carbonyl (C=O) groups is 2. The molecule has 1 fully saturated rings. The molecule has 0 radical (unpaired) electrons. The zero-order chi connectivity index (χ0) is 22.0. The van der Waals surface area contributed by atoms with Gasteiger partial charge in [-0.2, -0.15) is 0 Å². The third-order valence-corrected chi connectivity index (χ3v) is 5.23. The smallest absolute Gasteiger partial charge is 0.325 e. The second-order valence-electron chi connectivity index (χ2n) is 7.27. The molecule has 1 aliphatic rings. The van der Waals surface area contributed by atoms with Crippen LogP contribution in [-0.2, 0) is 4.79 Å². The fourth-order valence-electron chi connectivity index (χ4n) is 3.74. The molecule has 2 aromatic carbocycles. The quantitative estimate of drug-likeness (QED) is 0.660. The van der Waals surface area contributed by atoms with Gasteiger partial charge in [0.2, 0.25) is 5.91 Å². The Morgan fingerprint density at radius 3 is 2.61 bits per heavy atom. The number of methoxy groups -OCH3 is 2. The number of pyridine rings is 1. The number of ether oxygens (including phenoxy) is 2. The predicted molar refractivity (Wildman–Crippen MR) is 119 cm³/mol. The highest BCUT2D eigenvalue weighted by molar-refractivity contribution is 6.04. The number of hydrogen-bond acceptors (Lipinski definition) is 5. The molecule has 8 nitrogen and oxygen atoms in total. The molecule has 1 aliphatic heterocycles. The number of benzene rings is 2. The van der Waals surface area contributed by atoms with E-state index >= 15 is 0 Å². The maximum absolute atomic E-state index is 12.9. The Labute approximate surface area is 180 Å². The molecule has 1 aromatic heterocycles. The molecule has 160 valence electrons. The van der Waals surface area contributed by atoms with Crippen LogP contribution in [0.3, 0.4) is 0 Å². The van der Waals surface area contributed by atoms with E-state index in [1.54, 1.807) is 37.3 Å². The molecule has 31 heavy (non-hydrogen) atoms. The van der Waals surface area contributed by atoms with Crippen LogP contribution in [0.15, 0.2) is 48.5 Å². The second kappa shape index (κ2) is 8.51. The highest BCUT2D eigenvalue weighted by atomic mass is 16.5. The SMILES string of the molecule is COc1ccc(N2CCN(CC(=O)Nc3cc(C)nc4ccccc34)C2=O)cc1OC.